The highest BCUT2D eigenvalue weighted by molar-refractivity contribution is 5.88. The number of rotatable bonds is 3. The summed E-state index contributed by atoms with van der Waals surface area (Å²) < 4.78 is 4.54. The summed E-state index contributed by atoms with van der Waals surface area (Å²) in [6, 6.07) is 17.7. The number of allylic oxidation sites excluding steroid dienone is 3. The molecule has 29 heavy (non-hydrogen) atoms. The van der Waals surface area contributed by atoms with Crippen LogP contribution in [0.5, 0.6) is 0 Å². The maximum Gasteiger partial charge on any atom is 0.222 e. The molecule has 0 fully saturated rings. The Morgan fingerprint density at radius 2 is 1.86 bits per heavy atom. The predicted octanol–water partition coefficient (Wildman–Crippen LogP) is 5.91. The van der Waals surface area contributed by atoms with Crippen LogP contribution in [0.3, 0.4) is 0 Å². The molecule has 0 amide bonds. The van der Waals surface area contributed by atoms with Gasteiger partial charge < -0.3 is 0 Å². The number of hydrogen-bond donors (Lipinski definition) is 0. The number of benzene rings is 2. The number of nitrogens with zero attached hydrogens (tertiary/aromatic N) is 2. The molecule has 0 saturated carbocycles. The molecule has 0 bridgehead atoms. The molecule has 3 aromatic rings. The highest BCUT2D eigenvalue weighted by atomic mass is 15.1. The van der Waals surface area contributed by atoms with Gasteiger partial charge in [0.05, 0.1) is 13.2 Å². The lowest BCUT2D eigenvalue weighted by Gasteiger charge is -2.14. The number of aromatic nitrogens is 1. The number of aryl methyl sites for hydroxylation is 2. The molecule has 0 aliphatic carbocycles. The normalized spacial score (nSPS) is 15.8. The van der Waals surface area contributed by atoms with Gasteiger partial charge in [-0.3, -0.25) is 9.14 Å². The summed E-state index contributed by atoms with van der Waals surface area (Å²) in [7, 11) is 2.16. The van der Waals surface area contributed by atoms with E-state index in [0.717, 1.165) is 11.9 Å². The number of para-hydroxylation sites is 1. The molecular weight excluding hydrogens is 352 g/mol. The fraction of sp³-hybridized carbons (Fsp3) is 0.296. The lowest BCUT2D eigenvalue weighted by molar-refractivity contribution is 0.650. The number of hydrogen-bond acceptors (Lipinski definition) is 0. The fourth-order valence-electron chi connectivity index (χ4n) is 4.32. The fourth-order valence-corrected chi connectivity index (χ4v) is 4.32. The van der Waals surface area contributed by atoms with Crippen molar-refractivity contribution in [3.8, 4) is 0 Å². The van der Waals surface area contributed by atoms with E-state index in [1.807, 2.05) is 0 Å². The summed E-state index contributed by atoms with van der Waals surface area (Å²) in [6.45, 7) is 11.0. The Morgan fingerprint density at radius 1 is 1.10 bits per heavy atom. The van der Waals surface area contributed by atoms with Crippen LogP contribution in [-0.4, -0.2) is 4.57 Å². The molecular formula is C27H30N2. The first-order chi connectivity index (χ1) is 13.9. The maximum atomic E-state index is 3.68. The Labute approximate surface area is 174 Å². The lowest BCUT2D eigenvalue weighted by Crippen LogP contribution is -2.29. The average molecular weight is 383 g/mol. The van der Waals surface area contributed by atoms with E-state index >= 15 is 0 Å². The molecule has 2 nitrogen and oxygen atoms in total. The number of fused-ring (bicyclic) bond motifs is 2. The molecule has 148 valence electrons. The summed E-state index contributed by atoms with van der Waals surface area (Å²) in [5.74, 6) is 0.640. The second kappa shape index (κ2) is 7.51. The van der Waals surface area contributed by atoms with E-state index in [9.17, 15) is 0 Å². The predicted molar refractivity (Wildman–Crippen MR) is 124 cm³/mol. The SMILES string of the molecule is CC=C(C)C1=[C-][N+](=c2ccc3c(CC(C)C)cccc3n2C)c2c(C)cccc21. The molecule has 2 heteroatoms. The minimum atomic E-state index is 0.640. The minimum absolute atomic E-state index is 0.640. The van der Waals surface area contributed by atoms with Gasteiger partial charge in [0.25, 0.3) is 0 Å². The van der Waals surface area contributed by atoms with Crippen molar-refractivity contribution in [2.75, 3.05) is 0 Å². The van der Waals surface area contributed by atoms with Crippen LogP contribution in [0.25, 0.3) is 16.5 Å². The first-order valence-electron chi connectivity index (χ1n) is 10.5. The van der Waals surface area contributed by atoms with Crippen molar-refractivity contribution in [3.05, 3.63) is 88.6 Å². The van der Waals surface area contributed by atoms with Gasteiger partial charge in [0.15, 0.2) is 0 Å². The largest absolute Gasteiger partial charge is 0.298 e. The third-order valence-electron chi connectivity index (χ3n) is 5.92. The second-order valence-corrected chi connectivity index (χ2v) is 8.46. The molecule has 1 aromatic heterocycles. The van der Waals surface area contributed by atoms with Crippen molar-refractivity contribution in [1.29, 1.82) is 0 Å². The van der Waals surface area contributed by atoms with Crippen LogP contribution < -0.4 is 10.1 Å². The summed E-state index contributed by atoms with van der Waals surface area (Å²) in [4.78, 5) is 0. The Kier molecular flexibility index (Phi) is 5.04. The first-order valence-corrected chi connectivity index (χ1v) is 10.5. The van der Waals surface area contributed by atoms with Crippen LogP contribution in [0.1, 0.15) is 44.4 Å². The maximum absolute atomic E-state index is 3.68. The Bertz CT molecular complexity index is 1230. The zero-order valence-corrected chi connectivity index (χ0v) is 18.4. The van der Waals surface area contributed by atoms with Crippen LogP contribution in [0.15, 0.2) is 60.2 Å². The van der Waals surface area contributed by atoms with Gasteiger partial charge in [-0.2, -0.15) is 0 Å². The monoisotopic (exact) mass is 382 g/mol. The van der Waals surface area contributed by atoms with Crippen LogP contribution in [0, 0.1) is 19.0 Å². The molecule has 0 unspecified atom stereocenters. The lowest BCUT2D eigenvalue weighted by atomic mass is 9.98. The topological polar surface area (TPSA) is 7.94 Å². The number of pyridine rings is 1. The van der Waals surface area contributed by atoms with E-state index in [1.165, 1.54) is 44.4 Å². The molecule has 0 radical (unpaired) electrons. The summed E-state index contributed by atoms with van der Waals surface area (Å²) in [5.41, 5.74) is 10.0. The Hall–Kier alpha value is -2.87. The highest BCUT2D eigenvalue weighted by Gasteiger charge is 2.19. The van der Waals surface area contributed by atoms with Gasteiger partial charge in [0, 0.05) is 11.1 Å². The molecule has 1 aliphatic heterocycles. The minimum Gasteiger partial charge on any atom is -0.298 e. The van der Waals surface area contributed by atoms with Crippen LogP contribution in [0.4, 0.5) is 5.69 Å². The van der Waals surface area contributed by atoms with Crippen molar-refractivity contribution in [2.24, 2.45) is 13.0 Å². The van der Waals surface area contributed by atoms with Gasteiger partial charge >= 0.3 is 0 Å². The zero-order chi connectivity index (χ0) is 20.7. The average Bonchev–Trinajstić information content (AvgIpc) is 3.08. The Morgan fingerprint density at radius 3 is 2.59 bits per heavy atom. The van der Waals surface area contributed by atoms with E-state index in [0.29, 0.717) is 5.92 Å². The van der Waals surface area contributed by atoms with Crippen LogP contribution in [0.2, 0.25) is 0 Å². The molecule has 0 spiro atoms. The van der Waals surface area contributed by atoms with Gasteiger partial charge in [-0.05, 0) is 48.6 Å². The van der Waals surface area contributed by atoms with Gasteiger partial charge in [-0.25, -0.2) is 0 Å². The molecule has 1 aliphatic rings. The molecule has 0 N–H and O–H groups in total. The standard InChI is InChI=1S/C27H30N2/c1-7-19(4)24-17-29(27-20(5)10-8-12-23(24)27)26-15-14-22-21(16-18(2)3)11-9-13-25(22)28(26)6/h7-15,18H,16H2,1-6H3. The highest BCUT2D eigenvalue weighted by Crippen LogP contribution is 2.37. The molecule has 4 rings (SSSR count). The third kappa shape index (κ3) is 3.27. The third-order valence-corrected chi connectivity index (χ3v) is 5.92. The summed E-state index contributed by atoms with van der Waals surface area (Å²) in [6.07, 6.45) is 6.94. The Balaban J connectivity index is 2.06. The molecule has 2 aromatic carbocycles. The summed E-state index contributed by atoms with van der Waals surface area (Å²) >= 11 is 0. The van der Waals surface area contributed by atoms with E-state index < -0.39 is 0 Å². The quantitative estimate of drug-likeness (QED) is 0.393. The van der Waals surface area contributed by atoms with Gasteiger partial charge in [0.2, 0.25) is 5.49 Å². The molecule has 0 saturated heterocycles. The molecule has 0 atom stereocenters. The first kappa shape index (κ1) is 19.4. The van der Waals surface area contributed by atoms with E-state index in [4.69, 9.17) is 0 Å². The summed E-state index contributed by atoms with van der Waals surface area (Å²) in [5, 5.41) is 1.34. The van der Waals surface area contributed by atoms with E-state index in [1.54, 1.807) is 0 Å². The van der Waals surface area contributed by atoms with Crippen molar-refractivity contribution in [3.63, 3.8) is 0 Å². The smallest absolute Gasteiger partial charge is 0.222 e. The van der Waals surface area contributed by atoms with E-state index in [-0.39, 0.29) is 0 Å². The van der Waals surface area contributed by atoms with Crippen molar-refractivity contribution in [1.82, 2.24) is 9.14 Å². The van der Waals surface area contributed by atoms with E-state index in [2.05, 4.69) is 112 Å². The van der Waals surface area contributed by atoms with Crippen molar-refractivity contribution in [2.45, 2.75) is 41.0 Å². The van der Waals surface area contributed by atoms with Crippen molar-refractivity contribution < 1.29 is 0 Å². The van der Waals surface area contributed by atoms with Gasteiger partial charge in [0.1, 0.15) is 5.52 Å². The van der Waals surface area contributed by atoms with Gasteiger partial charge in [-0.15, -0.1) is 11.6 Å². The van der Waals surface area contributed by atoms with Gasteiger partial charge in [-0.1, -0.05) is 69.2 Å². The zero-order valence-electron chi connectivity index (χ0n) is 18.4. The van der Waals surface area contributed by atoms with Crippen LogP contribution >= 0.6 is 0 Å². The van der Waals surface area contributed by atoms with Crippen molar-refractivity contribution >= 4 is 22.2 Å². The van der Waals surface area contributed by atoms with Crippen LogP contribution in [-0.2, 0) is 13.5 Å². The second-order valence-electron chi connectivity index (χ2n) is 8.46. The molecule has 2 heterocycles.